The van der Waals surface area contributed by atoms with E-state index in [1.165, 1.54) is 5.39 Å². The molecule has 2 aromatic heterocycles. The average molecular weight is 253 g/mol. The number of hydrogen-bond donors (Lipinski definition) is 1. The van der Waals surface area contributed by atoms with Crippen LogP contribution in [-0.4, -0.2) is 9.97 Å². The number of nitrogens with one attached hydrogen (secondary N) is 1. The number of aromatic nitrogens is 2. The van der Waals surface area contributed by atoms with Gasteiger partial charge in [-0.15, -0.1) is 0 Å². The summed E-state index contributed by atoms with van der Waals surface area (Å²) in [5, 5.41) is 5.55. The fourth-order valence-corrected chi connectivity index (χ4v) is 2.01. The quantitative estimate of drug-likeness (QED) is 0.774. The van der Waals surface area contributed by atoms with Gasteiger partial charge in [-0.2, -0.15) is 0 Å². The molecule has 0 spiro atoms. The van der Waals surface area contributed by atoms with Gasteiger partial charge in [0.05, 0.1) is 12.7 Å². The normalized spacial score (nSPS) is 10.8. The summed E-state index contributed by atoms with van der Waals surface area (Å²) < 4.78 is 5.57. The highest BCUT2D eigenvalue weighted by Gasteiger charge is 2.05. The molecule has 0 atom stereocenters. The molecule has 0 aliphatic heterocycles. The number of fused-ring (bicyclic) bond motifs is 1. The van der Waals surface area contributed by atoms with E-state index in [2.05, 4.69) is 27.4 Å². The maximum Gasteiger partial charge on any atom is 0.213 e. The second-order valence-corrected chi connectivity index (χ2v) is 4.31. The van der Waals surface area contributed by atoms with Crippen molar-refractivity contribution in [3.05, 3.63) is 54.4 Å². The number of benzene rings is 1. The molecule has 3 aromatic rings. The van der Waals surface area contributed by atoms with Gasteiger partial charge in [0.2, 0.25) is 5.89 Å². The van der Waals surface area contributed by atoms with E-state index in [0.717, 1.165) is 23.4 Å². The lowest BCUT2D eigenvalue weighted by molar-refractivity contribution is 0.465. The van der Waals surface area contributed by atoms with Gasteiger partial charge < -0.3 is 9.73 Å². The maximum absolute atomic E-state index is 5.57. The zero-order valence-electron chi connectivity index (χ0n) is 10.8. The van der Waals surface area contributed by atoms with Crippen LogP contribution in [0.25, 0.3) is 10.8 Å². The molecule has 0 unspecified atom stereocenters. The molecule has 0 aliphatic carbocycles. The third kappa shape index (κ3) is 2.42. The van der Waals surface area contributed by atoms with Crippen molar-refractivity contribution < 1.29 is 4.42 Å². The van der Waals surface area contributed by atoms with E-state index in [1.54, 1.807) is 12.4 Å². The first-order valence-electron chi connectivity index (χ1n) is 6.38. The van der Waals surface area contributed by atoms with Crippen molar-refractivity contribution in [3.8, 4) is 0 Å². The second kappa shape index (κ2) is 5.10. The molecule has 0 bridgehead atoms. The Bertz CT molecular complexity index is 685. The molecule has 0 aliphatic rings. The standard InChI is InChI=1S/C15H15N3O/c1-2-12-9-17-14(19-12)10-18-15-13-6-4-3-5-11(13)7-8-16-15/h3-9H,2,10H2,1H3,(H,16,18). The molecule has 19 heavy (non-hydrogen) atoms. The summed E-state index contributed by atoms with van der Waals surface area (Å²) in [5.74, 6) is 2.45. The van der Waals surface area contributed by atoms with Gasteiger partial charge in [-0.1, -0.05) is 31.2 Å². The zero-order valence-corrected chi connectivity index (χ0v) is 10.8. The Balaban J connectivity index is 1.81. The molecule has 4 nitrogen and oxygen atoms in total. The monoisotopic (exact) mass is 253 g/mol. The second-order valence-electron chi connectivity index (χ2n) is 4.31. The number of rotatable bonds is 4. The molecule has 96 valence electrons. The Labute approximate surface area is 111 Å². The Hall–Kier alpha value is -2.36. The fraction of sp³-hybridized carbons (Fsp3) is 0.200. The summed E-state index contributed by atoms with van der Waals surface area (Å²) in [7, 11) is 0. The Morgan fingerprint density at radius 2 is 2.05 bits per heavy atom. The van der Waals surface area contributed by atoms with Crippen molar-refractivity contribution in [2.75, 3.05) is 5.32 Å². The molecule has 0 fully saturated rings. The van der Waals surface area contributed by atoms with Crippen LogP contribution in [-0.2, 0) is 13.0 Å². The lowest BCUT2D eigenvalue weighted by Gasteiger charge is -2.06. The van der Waals surface area contributed by atoms with Gasteiger partial charge in [0, 0.05) is 18.0 Å². The molecule has 4 heteroatoms. The zero-order chi connectivity index (χ0) is 13.1. The number of hydrogen-bond acceptors (Lipinski definition) is 4. The lowest BCUT2D eigenvalue weighted by Crippen LogP contribution is -2.01. The highest BCUT2D eigenvalue weighted by Crippen LogP contribution is 2.20. The summed E-state index contributed by atoms with van der Waals surface area (Å²) in [4.78, 5) is 8.59. The lowest BCUT2D eigenvalue weighted by atomic mass is 10.1. The van der Waals surface area contributed by atoms with Crippen molar-refractivity contribution >= 4 is 16.6 Å². The van der Waals surface area contributed by atoms with Gasteiger partial charge in [-0.25, -0.2) is 9.97 Å². The van der Waals surface area contributed by atoms with Crippen LogP contribution < -0.4 is 5.32 Å². The first kappa shape index (κ1) is 11.7. The van der Waals surface area contributed by atoms with Crippen LogP contribution in [0.2, 0.25) is 0 Å². The largest absolute Gasteiger partial charge is 0.444 e. The molecule has 1 N–H and O–H groups in total. The van der Waals surface area contributed by atoms with E-state index in [4.69, 9.17) is 4.42 Å². The minimum atomic E-state index is 0.543. The van der Waals surface area contributed by atoms with Crippen LogP contribution in [0.5, 0.6) is 0 Å². The Kier molecular flexibility index (Phi) is 3.14. The van der Waals surface area contributed by atoms with E-state index in [-0.39, 0.29) is 0 Å². The fourth-order valence-electron chi connectivity index (χ4n) is 2.01. The summed E-state index contributed by atoms with van der Waals surface area (Å²) in [5.41, 5.74) is 0. The van der Waals surface area contributed by atoms with Crippen LogP contribution >= 0.6 is 0 Å². The van der Waals surface area contributed by atoms with Crippen LogP contribution in [0.4, 0.5) is 5.82 Å². The molecular weight excluding hydrogens is 238 g/mol. The van der Waals surface area contributed by atoms with Crippen molar-refractivity contribution in [2.24, 2.45) is 0 Å². The first-order chi connectivity index (χ1) is 9.36. The van der Waals surface area contributed by atoms with E-state index in [0.29, 0.717) is 12.4 Å². The SMILES string of the molecule is CCc1cnc(CNc2nccc3ccccc23)o1. The summed E-state index contributed by atoms with van der Waals surface area (Å²) in [6, 6.07) is 10.2. The molecule has 0 saturated carbocycles. The Morgan fingerprint density at radius 1 is 1.16 bits per heavy atom. The van der Waals surface area contributed by atoms with Crippen molar-refractivity contribution in [1.29, 1.82) is 0 Å². The van der Waals surface area contributed by atoms with E-state index < -0.39 is 0 Å². The number of oxazole rings is 1. The molecule has 0 amide bonds. The smallest absolute Gasteiger partial charge is 0.213 e. The van der Waals surface area contributed by atoms with Gasteiger partial charge in [-0.3, -0.25) is 0 Å². The van der Waals surface area contributed by atoms with E-state index in [1.807, 2.05) is 25.1 Å². The number of pyridine rings is 1. The minimum Gasteiger partial charge on any atom is -0.444 e. The highest BCUT2D eigenvalue weighted by molar-refractivity contribution is 5.91. The first-order valence-corrected chi connectivity index (χ1v) is 6.38. The molecule has 1 aromatic carbocycles. The Morgan fingerprint density at radius 3 is 2.89 bits per heavy atom. The topological polar surface area (TPSA) is 51.0 Å². The number of anilines is 1. The predicted octanol–water partition coefficient (Wildman–Crippen LogP) is 3.40. The predicted molar refractivity (Wildman–Crippen MR) is 75.0 cm³/mol. The van der Waals surface area contributed by atoms with E-state index in [9.17, 15) is 0 Å². The van der Waals surface area contributed by atoms with Gasteiger partial charge in [0.1, 0.15) is 11.6 Å². The van der Waals surface area contributed by atoms with Crippen LogP contribution in [0.3, 0.4) is 0 Å². The summed E-state index contributed by atoms with van der Waals surface area (Å²) in [6.07, 6.45) is 4.44. The van der Waals surface area contributed by atoms with E-state index >= 15 is 0 Å². The van der Waals surface area contributed by atoms with Gasteiger partial charge in [0.15, 0.2) is 0 Å². The van der Waals surface area contributed by atoms with Crippen molar-refractivity contribution in [2.45, 2.75) is 19.9 Å². The minimum absolute atomic E-state index is 0.543. The highest BCUT2D eigenvalue weighted by atomic mass is 16.4. The van der Waals surface area contributed by atoms with Crippen LogP contribution in [0.1, 0.15) is 18.6 Å². The molecule has 3 rings (SSSR count). The van der Waals surface area contributed by atoms with Gasteiger partial charge >= 0.3 is 0 Å². The maximum atomic E-state index is 5.57. The number of aryl methyl sites for hydroxylation is 1. The number of nitrogens with zero attached hydrogens (tertiary/aromatic N) is 2. The van der Waals surface area contributed by atoms with Crippen LogP contribution in [0.15, 0.2) is 47.1 Å². The van der Waals surface area contributed by atoms with Gasteiger partial charge in [-0.05, 0) is 11.5 Å². The van der Waals surface area contributed by atoms with Crippen molar-refractivity contribution in [3.63, 3.8) is 0 Å². The van der Waals surface area contributed by atoms with Gasteiger partial charge in [0.25, 0.3) is 0 Å². The summed E-state index contributed by atoms with van der Waals surface area (Å²) in [6.45, 7) is 2.59. The average Bonchev–Trinajstić information content (AvgIpc) is 2.93. The third-order valence-electron chi connectivity index (χ3n) is 3.03. The molecular formula is C15H15N3O. The molecule has 2 heterocycles. The van der Waals surface area contributed by atoms with Crippen LogP contribution in [0, 0.1) is 0 Å². The molecule has 0 radical (unpaired) electrons. The molecule has 0 saturated heterocycles. The summed E-state index contributed by atoms with van der Waals surface area (Å²) >= 11 is 0. The van der Waals surface area contributed by atoms with Crippen molar-refractivity contribution in [1.82, 2.24) is 9.97 Å². The third-order valence-corrected chi connectivity index (χ3v) is 3.03.